The number of nitrogens with zero attached hydrogens (tertiary/aromatic N) is 4. The lowest BCUT2D eigenvalue weighted by Gasteiger charge is -2.25. The summed E-state index contributed by atoms with van der Waals surface area (Å²) < 4.78 is 7.63. The van der Waals surface area contributed by atoms with Gasteiger partial charge in [0.15, 0.2) is 0 Å². The average molecular weight is 562 g/mol. The molecule has 4 heterocycles. The molecule has 2 aliphatic heterocycles. The number of aromatic nitrogens is 3. The van der Waals surface area contributed by atoms with E-state index in [-0.39, 0.29) is 0 Å². The summed E-state index contributed by atoms with van der Waals surface area (Å²) in [5.74, 6) is 2.48. The van der Waals surface area contributed by atoms with Crippen molar-refractivity contribution in [3.63, 3.8) is 0 Å². The van der Waals surface area contributed by atoms with Crippen LogP contribution in [-0.4, -0.2) is 71.9 Å². The molecule has 0 saturated carbocycles. The second-order valence-electron chi connectivity index (χ2n) is 10.7. The molecule has 1 aromatic carbocycles. The second-order valence-corrected chi connectivity index (χ2v) is 11.3. The first-order chi connectivity index (χ1) is 19.6. The fraction of sp³-hybridized carbons (Fsp3) is 0.484. The molecular formula is C31H43N7OS. The maximum Gasteiger partial charge on any atom is 0.229 e. The van der Waals surface area contributed by atoms with Gasteiger partial charge < -0.3 is 30.2 Å². The van der Waals surface area contributed by atoms with Crippen molar-refractivity contribution in [2.24, 2.45) is 0 Å². The van der Waals surface area contributed by atoms with E-state index >= 15 is 0 Å². The summed E-state index contributed by atoms with van der Waals surface area (Å²) >= 11 is 4.31. The van der Waals surface area contributed by atoms with Crippen LogP contribution in [0.3, 0.4) is 0 Å². The van der Waals surface area contributed by atoms with Crippen molar-refractivity contribution >= 4 is 29.8 Å². The van der Waals surface area contributed by atoms with E-state index in [1.165, 1.54) is 81.8 Å². The van der Waals surface area contributed by atoms with Gasteiger partial charge >= 0.3 is 0 Å². The fourth-order valence-electron chi connectivity index (χ4n) is 5.78. The van der Waals surface area contributed by atoms with E-state index < -0.39 is 0 Å². The smallest absolute Gasteiger partial charge is 0.229 e. The van der Waals surface area contributed by atoms with Crippen molar-refractivity contribution in [2.75, 3.05) is 51.7 Å². The maximum atomic E-state index is 5.50. The molecule has 2 fully saturated rings. The van der Waals surface area contributed by atoms with E-state index in [1.807, 2.05) is 30.3 Å². The lowest BCUT2D eigenvalue weighted by molar-refractivity contribution is 0.277. The summed E-state index contributed by atoms with van der Waals surface area (Å²) in [6, 6.07) is 12.6. The summed E-state index contributed by atoms with van der Waals surface area (Å²) in [5, 5.41) is 10.3. The lowest BCUT2D eigenvalue weighted by atomic mass is 9.96. The molecule has 0 unspecified atom stereocenters. The molecule has 0 bridgehead atoms. The zero-order valence-corrected chi connectivity index (χ0v) is 24.7. The Labute approximate surface area is 244 Å². The molecule has 40 heavy (non-hydrogen) atoms. The van der Waals surface area contributed by atoms with Gasteiger partial charge in [-0.15, -0.1) is 12.6 Å². The van der Waals surface area contributed by atoms with Crippen molar-refractivity contribution in [3.05, 3.63) is 65.8 Å². The Balaban J connectivity index is 0.000000194. The molecule has 0 amide bonds. The second kappa shape index (κ2) is 14.2. The SMILES string of the molecule is C1CCN(CCNC2CCNCC2)C1.COC1=C(C)c2ccn(-c3ccnc(Nc4ccc(S)cc4)n3)c2CC1. The highest BCUT2D eigenvalue weighted by atomic mass is 32.1. The Bertz CT molecular complexity index is 1260. The van der Waals surface area contributed by atoms with Crippen LogP contribution >= 0.6 is 12.6 Å². The molecular weight excluding hydrogens is 518 g/mol. The van der Waals surface area contributed by atoms with Crippen LogP contribution in [-0.2, 0) is 11.2 Å². The van der Waals surface area contributed by atoms with Gasteiger partial charge in [-0.2, -0.15) is 4.98 Å². The van der Waals surface area contributed by atoms with Gasteiger partial charge in [-0.05, 0) is 107 Å². The molecule has 8 nitrogen and oxygen atoms in total. The molecule has 0 spiro atoms. The number of benzene rings is 1. The van der Waals surface area contributed by atoms with Crippen LogP contribution in [0, 0.1) is 0 Å². The Morgan fingerprint density at radius 1 is 1.05 bits per heavy atom. The number of thiol groups is 1. The molecule has 3 N–H and O–H groups in total. The number of likely N-dealkylation sites (tertiary alicyclic amines) is 1. The highest BCUT2D eigenvalue weighted by Crippen LogP contribution is 2.33. The minimum Gasteiger partial charge on any atom is -0.501 e. The van der Waals surface area contributed by atoms with Crippen molar-refractivity contribution in [3.8, 4) is 5.82 Å². The number of fused-ring (bicyclic) bond motifs is 1. The van der Waals surface area contributed by atoms with Gasteiger partial charge in [0.05, 0.1) is 12.9 Å². The van der Waals surface area contributed by atoms with Gasteiger partial charge in [0.1, 0.15) is 5.82 Å². The molecule has 2 aromatic heterocycles. The zero-order valence-electron chi connectivity index (χ0n) is 23.8. The summed E-state index contributed by atoms with van der Waals surface area (Å²) in [5.41, 5.74) is 4.61. The third kappa shape index (κ3) is 7.46. The summed E-state index contributed by atoms with van der Waals surface area (Å²) in [4.78, 5) is 12.5. The topological polar surface area (TPSA) is 79.3 Å². The largest absolute Gasteiger partial charge is 0.501 e. The maximum absolute atomic E-state index is 5.50. The molecule has 3 aliphatic rings. The molecule has 2 saturated heterocycles. The number of anilines is 2. The summed E-state index contributed by atoms with van der Waals surface area (Å²) in [6.45, 7) is 9.60. The van der Waals surface area contributed by atoms with Crippen LogP contribution in [0.2, 0.25) is 0 Å². The van der Waals surface area contributed by atoms with Gasteiger partial charge in [0.25, 0.3) is 0 Å². The van der Waals surface area contributed by atoms with Crippen molar-refractivity contribution in [1.29, 1.82) is 0 Å². The third-order valence-corrected chi connectivity index (χ3v) is 8.36. The van der Waals surface area contributed by atoms with Crippen molar-refractivity contribution in [2.45, 2.75) is 56.4 Å². The van der Waals surface area contributed by atoms with Gasteiger partial charge in [0.2, 0.25) is 5.95 Å². The normalized spacial score (nSPS) is 17.8. The standard InChI is InChI=1S/C20H20N4OS.C11H23N3/c1-13-16-10-12-24(17(16)7-8-18(13)25-2)19-9-11-21-20(23-19)22-14-3-5-15(26)6-4-14;1-2-9-14(8-1)10-7-13-11-3-5-12-6-4-11/h3-6,9-12,26H,7-8H2,1-2H3,(H,21,22,23);11-13H,1-10H2. The Kier molecular flexibility index (Phi) is 10.2. The van der Waals surface area contributed by atoms with Gasteiger partial charge in [-0.3, -0.25) is 0 Å². The Morgan fingerprint density at radius 3 is 2.58 bits per heavy atom. The average Bonchev–Trinajstić information content (AvgIpc) is 3.67. The molecule has 0 atom stereocenters. The van der Waals surface area contributed by atoms with E-state index in [1.54, 1.807) is 13.3 Å². The molecule has 214 valence electrons. The van der Waals surface area contributed by atoms with E-state index in [2.05, 4.69) is 67.2 Å². The molecule has 1 aliphatic carbocycles. The molecule has 9 heteroatoms. The third-order valence-electron chi connectivity index (χ3n) is 8.06. The van der Waals surface area contributed by atoms with E-state index in [4.69, 9.17) is 4.74 Å². The summed E-state index contributed by atoms with van der Waals surface area (Å²) in [7, 11) is 1.74. The number of methoxy groups -OCH3 is 1. The van der Waals surface area contributed by atoms with Crippen LogP contribution in [0.25, 0.3) is 11.4 Å². The lowest BCUT2D eigenvalue weighted by Crippen LogP contribution is -2.42. The number of rotatable bonds is 8. The minimum atomic E-state index is 0.567. The van der Waals surface area contributed by atoms with Crippen molar-refractivity contribution < 1.29 is 4.74 Å². The fourth-order valence-corrected chi connectivity index (χ4v) is 5.93. The first-order valence-corrected chi connectivity index (χ1v) is 15.1. The van der Waals surface area contributed by atoms with Gasteiger partial charge in [-0.1, -0.05) is 0 Å². The molecule has 0 radical (unpaired) electrons. The number of hydrogen-bond acceptors (Lipinski definition) is 8. The van der Waals surface area contributed by atoms with Crippen LogP contribution in [0.4, 0.5) is 11.6 Å². The number of nitrogens with one attached hydrogen (secondary N) is 3. The Morgan fingerprint density at radius 2 is 1.82 bits per heavy atom. The van der Waals surface area contributed by atoms with E-state index in [9.17, 15) is 0 Å². The van der Waals surface area contributed by atoms with Crippen LogP contribution < -0.4 is 16.0 Å². The number of ether oxygens (including phenoxy) is 1. The zero-order chi connectivity index (χ0) is 27.7. The predicted octanol–water partition coefficient (Wildman–Crippen LogP) is 5.05. The Hall–Kier alpha value is -2.85. The van der Waals surface area contributed by atoms with Gasteiger partial charge in [0, 0.05) is 59.8 Å². The van der Waals surface area contributed by atoms with Gasteiger partial charge in [-0.25, -0.2) is 4.98 Å². The highest BCUT2D eigenvalue weighted by Gasteiger charge is 2.21. The monoisotopic (exact) mass is 561 g/mol. The quantitative estimate of drug-likeness (QED) is 0.287. The first-order valence-electron chi connectivity index (χ1n) is 14.6. The number of allylic oxidation sites excluding steroid dienone is 2. The van der Waals surface area contributed by atoms with Crippen LogP contribution in [0.15, 0.2) is 59.4 Å². The van der Waals surface area contributed by atoms with Crippen LogP contribution in [0.1, 0.15) is 50.3 Å². The first kappa shape index (κ1) is 28.7. The van der Waals surface area contributed by atoms with Crippen LogP contribution in [0.5, 0.6) is 0 Å². The molecule has 3 aromatic rings. The van der Waals surface area contributed by atoms with E-state index in [0.717, 1.165) is 41.0 Å². The predicted molar refractivity (Wildman–Crippen MR) is 166 cm³/mol. The minimum absolute atomic E-state index is 0.567. The molecule has 6 rings (SSSR count). The van der Waals surface area contributed by atoms with E-state index in [0.29, 0.717) is 5.95 Å². The highest BCUT2D eigenvalue weighted by molar-refractivity contribution is 7.80. The van der Waals surface area contributed by atoms with Crippen molar-refractivity contribution in [1.82, 2.24) is 30.1 Å². The number of piperidine rings is 1. The number of hydrogen-bond donors (Lipinski definition) is 4. The summed E-state index contributed by atoms with van der Waals surface area (Å²) in [6.07, 6.45) is 11.1.